The van der Waals surface area contributed by atoms with Gasteiger partial charge in [0.15, 0.2) is 0 Å². The predicted molar refractivity (Wildman–Crippen MR) is 143 cm³/mol. The summed E-state index contributed by atoms with van der Waals surface area (Å²) in [6.07, 6.45) is 1.15. The van der Waals surface area contributed by atoms with E-state index in [1.54, 1.807) is 45.9 Å². The monoisotopic (exact) mass is 579 g/mol. The van der Waals surface area contributed by atoms with E-state index in [-0.39, 0.29) is 33.7 Å². The zero-order chi connectivity index (χ0) is 27.4. The first kappa shape index (κ1) is 30.2. The number of anilines is 1. The normalized spacial score (nSPS) is 12.7. The van der Waals surface area contributed by atoms with Crippen molar-refractivity contribution in [3.8, 4) is 0 Å². The van der Waals surface area contributed by atoms with Crippen molar-refractivity contribution in [1.29, 1.82) is 0 Å². The minimum absolute atomic E-state index is 0.000155. The maximum absolute atomic E-state index is 13.7. The van der Waals surface area contributed by atoms with Gasteiger partial charge in [0.05, 0.1) is 17.0 Å². The molecule has 2 rings (SSSR count). The predicted octanol–water partition coefficient (Wildman–Crippen LogP) is 5.27. The lowest BCUT2D eigenvalue weighted by Gasteiger charge is -2.34. The number of halogens is 4. The van der Waals surface area contributed by atoms with Crippen LogP contribution in [-0.4, -0.2) is 49.5 Å². The first-order chi connectivity index (χ1) is 16.5. The molecule has 0 heterocycles. The van der Waals surface area contributed by atoms with Crippen molar-refractivity contribution in [2.75, 3.05) is 17.1 Å². The van der Waals surface area contributed by atoms with Gasteiger partial charge in [-0.1, -0.05) is 47.8 Å². The first-order valence-electron chi connectivity index (χ1n) is 11.0. The largest absolute Gasteiger partial charge is 0.350 e. The molecule has 0 aliphatic heterocycles. The second kappa shape index (κ2) is 12.0. The third-order valence-electron chi connectivity index (χ3n) is 5.14. The third kappa shape index (κ3) is 7.96. The van der Waals surface area contributed by atoms with Gasteiger partial charge in [-0.2, -0.15) is 0 Å². The lowest BCUT2D eigenvalue weighted by Crippen LogP contribution is -2.55. The molecule has 0 aliphatic rings. The molecule has 7 nitrogen and oxygen atoms in total. The summed E-state index contributed by atoms with van der Waals surface area (Å²) in [7, 11) is -3.99. The van der Waals surface area contributed by atoms with Gasteiger partial charge < -0.3 is 10.2 Å². The zero-order valence-electron chi connectivity index (χ0n) is 20.6. The average Bonchev–Trinajstić information content (AvgIpc) is 2.73. The SMILES string of the molecule is CC[C@@H](C(=O)NC(C)(C)C)N(Cc1c(Cl)cccc1Cl)C(=O)CN(c1ccc(F)c(Cl)c1)S(C)(=O)=O. The van der Waals surface area contributed by atoms with E-state index in [0.29, 0.717) is 5.56 Å². The second-order valence-electron chi connectivity index (χ2n) is 9.25. The van der Waals surface area contributed by atoms with Crippen LogP contribution in [0, 0.1) is 5.82 Å². The Morgan fingerprint density at radius 1 is 1.06 bits per heavy atom. The number of carbonyl (C=O) groups is 2. The van der Waals surface area contributed by atoms with Crippen LogP contribution in [-0.2, 0) is 26.2 Å². The summed E-state index contributed by atoms with van der Waals surface area (Å²) in [5.41, 5.74) is -0.169. The van der Waals surface area contributed by atoms with Gasteiger partial charge in [-0.25, -0.2) is 12.8 Å². The van der Waals surface area contributed by atoms with Crippen LogP contribution in [0.3, 0.4) is 0 Å². The van der Waals surface area contributed by atoms with Crippen LogP contribution in [0.25, 0.3) is 0 Å². The number of hydrogen-bond acceptors (Lipinski definition) is 4. The number of benzene rings is 2. The van der Waals surface area contributed by atoms with Crippen molar-refractivity contribution < 1.29 is 22.4 Å². The molecular weight excluding hydrogens is 552 g/mol. The second-order valence-corrected chi connectivity index (χ2v) is 12.4. The highest BCUT2D eigenvalue weighted by Crippen LogP contribution is 2.28. The standard InChI is InChI=1S/C24H29Cl3FN3O4S/c1-6-21(23(33)29-24(2,3)4)30(13-16-17(25)8-7-9-18(16)26)22(32)14-31(36(5,34)35)15-10-11-20(28)19(27)12-15/h7-12,21H,6,13-14H2,1-5H3,(H,29,33)/t21-/m0/s1. The molecule has 1 atom stereocenters. The van der Waals surface area contributed by atoms with E-state index >= 15 is 0 Å². The van der Waals surface area contributed by atoms with Crippen LogP contribution in [0.5, 0.6) is 0 Å². The Hall–Kier alpha value is -2.07. The number of amides is 2. The van der Waals surface area contributed by atoms with E-state index in [4.69, 9.17) is 34.8 Å². The average molecular weight is 581 g/mol. The van der Waals surface area contributed by atoms with Crippen LogP contribution in [0.2, 0.25) is 15.1 Å². The number of nitrogens with zero attached hydrogens (tertiary/aromatic N) is 2. The molecule has 0 bridgehead atoms. The topological polar surface area (TPSA) is 86.8 Å². The summed E-state index contributed by atoms with van der Waals surface area (Å²) in [6.45, 7) is 6.34. The molecule has 198 valence electrons. The lowest BCUT2D eigenvalue weighted by atomic mass is 10.1. The third-order valence-corrected chi connectivity index (χ3v) is 7.28. The first-order valence-corrected chi connectivity index (χ1v) is 14.0. The summed E-state index contributed by atoms with van der Waals surface area (Å²) in [4.78, 5) is 28.1. The molecule has 0 saturated carbocycles. The van der Waals surface area contributed by atoms with Crippen molar-refractivity contribution >= 4 is 62.3 Å². The van der Waals surface area contributed by atoms with Crippen LogP contribution in [0.4, 0.5) is 10.1 Å². The van der Waals surface area contributed by atoms with E-state index in [1.807, 2.05) is 0 Å². The fourth-order valence-electron chi connectivity index (χ4n) is 3.48. The summed E-state index contributed by atoms with van der Waals surface area (Å²) < 4.78 is 39.7. The molecule has 2 amide bonds. The van der Waals surface area contributed by atoms with Crippen LogP contribution < -0.4 is 9.62 Å². The molecule has 0 aliphatic carbocycles. The minimum atomic E-state index is -3.99. The molecule has 2 aromatic carbocycles. The summed E-state index contributed by atoms with van der Waals surface area (Å²) in [5.74, 6) is -1.84. The van der Waals surface area contributed by atoms with Crippen LogP contribution >= 0.6 is 34.8 Å². The highest BCUT2D eigenvalue weighted by Gasteiger charge is 2.33. The molecular formula is C24H29Cl3FN3O4S. The number of rotatable bonds is 9. The zero-order valence-corrected chi connectivity index (χ0v) is 23.7. The van der Waals surface area contributed by atoms with E-state index in [1.165, 1.54) is 11.0 Å². The molecule has 2 aromatic rings. The van der Waals surface area contributed by atoms with Gasteiger partial charge in [-0.3, -0.25) is 13.9 Å². The van der Waals surface area contributed by atoms with Gasteiger partial charge >= 0.3 is 0 Å². The van der Waals surface area contributed by atoms with Crippen molar-refractivity contribution in [3.63, 3.8) is 0 Å². The Labute approximate surface area is 226 Å². The van der Waals surface area contributed by atoms with E-state index in [9.17, 15) is 22.4 Å². The molecule has 12 heteroatoms. The van der Waals surface area contributed by atoms with Crippen LogP contribution in [0.1, 0.15) is 39.7 Å². The summed E-state index contributed by atoms with van der Waals surface area (Å²) >= 11 is 18.5. The maximum Gasteiger partial charge on any atom is 0.244 e. The number of carbonyl (C=O) groups excluding carboxylic acids is 2. The molecule has 0 spiro atoms. The van der Waals surface area contributed by atoms with Gasteiger partial charge in [-0.05, 0) is 57.5 Å². The smallest absolute Gasteiger partial charge is 0.244 e. The fourth-order valence-corrected chi connectivity index (χ4v) is 5.01. The molecule has 1 N–H and O–H groups in total. The molecule has 36 heavy (non-hydrogen) atoms. The molecule has 0 unspecified atom stereocenters. The maximum atomic E-state index is 13.7. The van der Waals surface area contributed by atoms with Crippen LogP contribution in [0.15, 0.2) is 36.4 Å². The van der Waals surface area contributed by atoms with Crippen molar-refractivity contribution in [2.45, 2.75) is 52.2 Å². The van der Waals surface area contributed by atoms with E-state index in [2.05, 4.69) is 5.32 Å². The van der Waals surface area contributed by atoms with E-state index < -0.39 is 45.8 Å². The summed E-state index contributed by atoms with van der Waals surface area (Å²) in [5, 5.41) is 3.14. The molecule has 0 radical (unpaired) electrons. The molecule has 0 aromatic heterocycles. The highest BCUT2D eigenvalue weighted by atomic mass is 35.5. The summed E-state index contributed by atoms with van der Waals surface area (Å²) in [6, 6.07) is 7.22. The number of hydrogen-bond donors (Lipinski definition) is 1. The van der Waals surface area contributed by atoms with Gasteiger partial charge in [0.25, 0.3) is 0 Å². The minimum Gasteiger partial charge on any atom is -0.350 e. The Kier molecular flexibility index (Phi) is 10.0. The quantitative estimate of drug-likeness (QED) is 0.438. The van der Waals surface area contributed by atoms with Gasteiger partial charge in [0.2, 0.25) is 21.8 Å². The molecule has 0 saturated heterocycles. The Bertz CT molecular complexity index is 1220. The van der Waals surface area contributed by atoms with Crippen molar-refractivity contribution in [1.82, 2.24) is 10.2 Å². The fraction of sp³-hybridized carbons (Fsp3) is 0.417. The van der Waals surface area contributed by atoms with Gasteiger partial charge in [0, 0.05) is 27.7 Å². The van der Waals surface area contributed by atoms with Gasteiger partial charge in [-0.15, -0.1) is 0 Å². The Morgan fingerprint density at radius 2 is 1.64 bits per heavy atom. The van der Waals surface area contributed by atoms with Gasteiger partial charge in [0.1, 0.15) is 18.4 Å². The van der Waals surface area contributed by atoms with Crippen molar-refractivity contribution in [2.24, 2.45) is 0 Å². The van der Waals surface area contributed by atoms with Crippen molar-refractivity contribution in [3.05, 3.63) is 62.8 Å². The Balaban J connectivity index is 2.54. The lowest BCUT2D eigenvalue weighted by molar-refractivity contribution is -0.141. The highest BCUT2D eigenvalue weighted by molar-refractivity contribution is 7.92. The number of nitrogens with one attached hydrogen (secondary N) is 1. The molecule has 0 fully saturated rings. The Morgan fingerprint density at radius 3 is 2.11 bits per heavy atom. The number of sulfonamides is 1. The van der Waals surface area contributed by atoms with E-state index in [0.717, 1.165) is 22.7 Å².